The van der Waals surface area contributed by atoms with Crippen molar-refractivity contribution in [2.45, 2.75) is 23.6 Å². The lowest BCUT2D eigenvalue weighted by atomic mass is 10.2. The van der Waals surface area contributed by atoms with Crippen LogP contribution in [0.25, 0.3) is 0 Å². The Hall–Kier alpha value is -1.49. The maximum Gasteiger partial charge on any atom is 0.126 e. The van der Waals surface area contributed by atoms with Crippen LogP contribution in [0.4, 0.5) is 5.69 Å². The SMILES string of the molecule is Cc1ccc(Sc2ccccc2N2CC[N+](C)(O)CC2)c(C)c1. The fourth-order valence-electron chi connectivity index (χ4n) is 2.97. The Morgan fingerprint density at radius 1 is 1.00 bits per heavy atom. The van der Waals surface area contributed by atoms with Gasteiger partial charge >= 0.3 is 0 Å². The van der Waals surface area contributed by atoms with E-state index in [0.717, 1.165) is 26.2 Å². The zero-order valence-corrected chi connectivity index (χ0v) is 14.9. The zero-order valence-electron chi connectivity index (χ0n) is 14.1. The number of hydrogen-bond acceptors (Lipinski definition) is 3. The van der Waals surface area contributed by atoms with Gasteiger partial charge in [0.15, 0.2) is 0 Å². The summed E-state index contributed by atoms with van der Waals surface area (Å²) in [5.41, 5.74) is 3.90. The summed E-state index contributed by atoms with van der Waals surface area (Å²) < 4.78 is 0.128. The van der Waals surface area contributed by atoms with E-state index in [0.29, 0.717) is 0 Å². The monoisotopic (exact) mass is 329 g/mol. The highest BCUT2D eigenvalue weighted by Crippen LogP contribution is 2.37. The molecule has 23 heavy (non-hydrogen) atoms. The minimum Gasteiger partial charge on any atom is -0.359 e. The van der Waals surface area contributed by atoms with Gasteiger partial charge in [0, 0.05) is 9.79 Å². The predicted octanol–water partition coefficient (Wildman–Crippen LogP) is 4.11. The molecule has 0 saturated carbocycles. The third-order valence-electron chi connectivity index (χ3n) is 4.46. The maximum atomic E-state index is 10.1. The summed E-state index contributed by atoms with van der Waals surface area (Å²) >= 11 is 1.83. The molecule has 122 valence electrons. The van der Waals surface area contributed by atoms with Gasteiger partial charge in [0.2, 0.25) is 0 Å². The standard InChI is InChI=1S/C19H25N2OS/c1-15-8-9-18(16(2)14-15)23-19-7-5-4-6-17(19)20-10-12-21(3,22)13-11-20/h4-9,14,22H,10-13H2,1-3H3/q+1. The Morgan fingerprint density at radius 2 is 1.70 bits per heavy atom. The summed E-state index contributed by atoms with van der Waals surface area (Å²) in [4.78, 5) is 4.98. The summed E-state index contributed by atoms with van der Waals surface area (Å²) in [6.45, 7) is 7.61. The first kappa shape index (κ1) is 16.4. The van der Waals surface area contributed by atoms with Gasteiger partial charge in [-0.3, -0.25) is 0 Å². The lowest BCUT2D eigenvalue weighted by Gasteiger charge is -2.37. The van der Waals surface area contributed by atoms with Crippen molar-refractivity contribution >= 4 is 17.4 Å². The quantitative estimate of drug-likeness (QED) is 0.857. The molecule has 1 aliphatic rings. The largest absolute Gasteiger partial charge is 0.359 e. The van der Waals surface area contributed by atoms with E-state index in [1.165, 1.54) is 26.6 Å². The molecule has 2 aromatic rings. The number of rotatable bonds is 3. The van der Waals surface area contributed by atoms with E-state index in [4.69, 9.17) is 0 Å². The second kappa shape index (κ2) is 6.56. The molecular weight excluding hydrogens is 304 g/mol. The number of para-hydroxylation sites is 1. The van der Waals surface area contributed by atoms with Crippen LogP contribution in [-0.4, -0.2) is 43.1 Å². The topological polar surface area (TPSA) is 23.5 Å². The molecule has 0 atom stereocenters. The number of quaternary nitrogens is 1. The van der Waals surface area contributed by atoms with E-state index < -0.39 is 0 Å². The Balaban J connectivity index is 1.84. The van der Waals surface area contributed by atoms with Gasteiger partial charge in [-0.2, -0.15) is 4.65 Å². The Kier molecular flexibility index (Phi) is 4.67. The van der Waals surface area contributed by atoms with Crippen molar-refractivity contribution in [3.8, 4) is 0 Å². The third kappa shape index (κ3) is 3.89. The molecule has 0 amide bonds. The highest BCUT2D eigenvalue weighted by Gasteiger charge is 2.28. The van der Waals surface area contributed by atoms with Gasteiger partial charge in [-0.1, -0.05) is 41.6 Å². The summed E-state index contributed by atoms with van der Waals surface area (Å²) in [6.07, 6.45) is 0. The highest BCUT2D eigenvalue weighted by atomic mass is 32.2. The van der Waals surface area contributed by atoms with Gasteiger partial charge in [-0.15, -0.1) is 0 Å². The molecule has 3 nitrogen and oxygen atoms in total. The first-order chi connectivity index (χ1) is 10.9. The highest BCUT2D eigenvalue weighted by molar-refractivity contribution is 7.99. The number of hydrogen-bond donors (Lipinski definition) is 1. The van der Waals surface area contributed by atoms with Gasteiger partial charge < -0.3 is 4.90 Å². The lowest BCUT2D eigenvalue weighted by molar-refractivity contribution is -1.09. The third-order valence-corrected chi connectivity index (χ3v) is 5.70. The molecule has 1 heterocycles. The number of likely N-dealkylation sites (N-methyl/N-ethyl adjacent to an activating group) is 1. The molecule has 0 spiro atoms. The van der Waals surface area contributed by atoms with E-state index in [9.17, 15) is 5.21 Å². The Morgan fingerprint density at radius 3 is 2.39 bits per heavy atom. The zero-order chi connectivity index (χ0) is 16.4. The average Bonchev–Trinajstić information content (AvgIpc) is 2.51. The van der Waals surface area contributed by atoms with E-state index in [1.54, 1.807) is 0 Å². The number of nitrogens with zero attached hydrogens (tertiary/aromatic N) is 2. The van der Waals surface area contributed by atoms with Crippen LogP contribution in [-0.2, 0) is 0 Å². The van der Waals surface area contributed by atoms with Crippen LogP contribution in [0.15, 0.2) is 52.3 Å². The minimum atomic E-state index is 0.128. The van der Waals surface area contributed by atoms with Crippen molar-refractivity contribution in [1.29, 1.82) is 0 Å². The normalized spacial score (nSPS) is 17.3. The summed E-state index contributed by atoms with van der Waals surface area (Å²) in [7, 11) is 1.88. The van der Waals surface area contributed by atoms with Crippen LogP contribution >= 0.6 is 11.8 Å². The van der Waals surface area contributed by atoms with E-state index >= 15 is 0 Å². The Labute approximate surface area is 143 Å². The van der Waals surface area contributed by atoms with E-state index in [1.807, 2.05) is 18.8 Å². The number of benzene rings is 2. The molecule has 0 unspecified atom stereocenters. The molecule has 1 fully saturated rings. The molecular formula is C19H25N2OS+. The lowest BCUT2D eigenvalue weighted by Crippen LogP contribution is -2.55. The molecule has 1 N–H and O–H groups in total. The van der Waals surface area contributed by atoms with E-state index in [-0.39, 0.29) is 4.65 Å². The summed E-state index contributed by atoms with van der Waals surface area (Å²) in [5.74, 6) is 0. The molecule has 1 saturated heterocycles. The van der Waals surface area contributed by atoms with Crippen molar-refractivity contribution in [3.05, 3.63) is 53.6 Å². The average molecular weight is 329 g/mol. The number of aryl methyl sites for hydroxylation is 2. The molecule has 0 aliphatic carbocycles. The fourth-order valence-corrected chi connectivity index (χ4v) is 4.02. The number of piperazine rings is 1. The molecule has 3 rings (SSSR count). The van der Waals surface area contributed by atoms with Gasteiger partial charge in [0.25, 0.3) is 0 Å². The molecule has 1 aliphatic heterocycles. The van der Waals surface area contributed by atoms with Crippen LogP contribution in [0.3, 0.4) is 0 Å². The van der Waals surface area contributed by atoms with Crippen LogP contribution in [0, 0.1) is 13.8 Å². The van der Waals surface area contributed by atoms with Crippen LogP contribution in [0.2, 0.25) is 0 Å². The molecule has 2 aromatic carbocycles. The number of anilines is 1. The first-order valence-electron chi connectivity index (χ1n) is 8.11. The smallest absolute Gasteiger partial charge is 0.126 e. The molecule has 0 radical (unpaired) electrons. The van der Waals surface area contributed by atoms with Crippen molar-refractivity contribution in [2.75, 3.05) is 38.1 Å². The van der Waals surface area contributed by atoms with Gasteiger partial charge in [0.1, 0.15) is 13.1 Å². The molecule has 0 bridgehead atoms. The van der Waals surface area contributed by atoms with E-state index in [2.05, 4.69) is 61.2 Å². The van der Waals surface area contributed by atoms with Crippen LogP contribution in [0.5, 0.6) is 0 Å². The van der Waals surface area contributed by atoms with Gasteiger partial charge in [0.05, 0.1) is 25.8 Å². The fraction of sp³-hybridized carbons (Fsp3) is 0.368. The second-order valence-electron chi connectivity index (χ2n) is 6.61. The van der Waals surface area contributed by atoms with Crippen molar-refractivity contribution in [1.82, 2.24) is 0 Å². The second-order valence-corrected chi connectivity index (χ2v) is 7.70. The first-order valence-corrected chi connectivity index (χ1v) is 8.93. The summed E-state index contributed by atoms with van der Waals surface area (Å²) in [6, 6.07) is 15.2. The van der Waals surface area contributed by atoms with Gasteiger partial charge in [-0.05, 0) is 37.6 Å². The maximum absolute atomic E-state index is 10.1. The van der Waals surface area contributed by atoms with Crippen LogP contribution < -0.4 is 4.90 Å². The van der Waals surface area contributed by atoms with Crippen molar-refractivity contribution < 1.29 is 9.85 Å². The van der Waals surface area contributed by atoms with Crippen molar-refractivity contribution in [2.24, 2.45) is 0 Å². The molecule has 0 aromatic heterocycles. The predicted molar refractivity (Wildman–Crippen MR) is 96.4 cm³/mol. The molecule has 4 heteroatoms. The van der Waals surface area contributed by atoms with Crippen LogP contribution in [0.1, 0.15) is 11.1 Å². The summed E-state index contributed by atoms with van der Waals surface area (Å²) in [5, 5.41) is 10.1. The minimum absolute atomic E-state index is 0.128. The van der Waals surface area contributed by atoms with Crippen molar-refractivity contribution in [3.63, 3.8) is 0 Å². The Bertz CT molecular complexity index is 690. The number of hydroxylamine groups is 3. The van der Waals surface area contributed by atoms with Gasteiger partial charge in [-0.25, -0.2) is 5.21 Å².